The van der Waals surface area contributed by atoms with Crippen LogP contribution in [0.1, 0.15) is 57.4 Å². The fourth-order valence-corrected chi connectivity index (χ4v) is 6.44. The summed E-state index contributed by atoms with van der Waals surface area (Å²) in [5.74, 6) is 2.79. The molecule has 31 heavy (non-hydrogen) atoms. The number of ether oxygens (including phenoxy) is 1. The van der Waals surface area contributed by atoms with Gasteiger partial charge in [0.15, 0.2) is 5.96 Å². The van der Waals surface area contributed by atoms with E-state index in [2.05, 4.69) is 46.5 Å². The van der Waals surface area contributed by atoms with Gasteiger partial charge < -0.3 is 20.3 Å². The van der Waals surface area contributed by atoms with Crippen molar-refractivity contribution in [3.8, 4) is 0 Å². The molecule has 1 spiro atoms. The van der Waals surface area contributed by atoms with E-state index in [1.807, 2.05) is 6.20 Å². The second-order valence-electron chi connectivity index (χ2n) is 9.73. The summed E-state index contributed by atoms with van der Waals surface area (Å²) in [5.41, 5.74) is 1.57. The van der Waals surface area contributed by atoms with E-state index in [0.29, 0.717) is 29.5 Å². The van der Waals surface area contributed by atoms with Crippen molar-refractivity contribution in [2.75, 3.05) is 31.1 Å². The summed E-state index contributed by atoms with van der Waals surface area (Å²) in [6.07, 6.45) is 11.2. The van der Waals surface area contributed by atoms with Crippen molar-refractivity contribution in [1.82, 2.24) is 15.6 Å². The van der Waals surface area contributed by atoms with E-state index in [9.17, 15) is 0 Å². The van der Waals surface area contributed by atoms with Gasteiger partial charge >= 0.3 is 0 Å². The van der Waals surface area contributed by atoms with Crippen molar-refractivity contribution in [2.45, 2.75) is 77.0 Å². The van der Waals surface area contributed by atoms with Crippen molar-refractivity contribution >= 4 is 35.8 Å². The number of guanidine groups is 1. The molecule has 2 aliphatic carbocycles. The lowest BCUT2D eigenvalue weighted by Gasteiger charge is -2.57. The van der Waals surface area contributed by atoms with Crippen LogP contribution in [-0.2, 0) is 4.74 Å². The third kappa shape index (κ3) is 4.41. The number of rotatable bonds is 4. The number of nitrogens with zero attached hydrogens (tertiary/aromatic N) is 3. The Kier molecular flexibility index (Phi) is 7.30. The van der Waals surface area contributed by atoms with Crippen LogP contribution in [0.3, 0.4) is 0 Å². The lowest BCUT2D eigenvalue weighted by atomic mass is 9.54. The number of hydrogen-bond donors (Lipinski definition) is 2. The fourth-order valence-electron chi connectivity index (χ4n) is 6.44. The minimum Gasteiger partial charge on any atom is -0.377 e. The number of halogens is 1. The molecule has 0 radical (unpaired) electrons. The number of pyridine rings is 1. The zero-order chi connectivity index (χ0) is 20.6. The Morgan fingerprint density at radius 2 is 1.97 bits per heavy atom. The molecule has 6 nitrogen and oxygen atoms in total. The SMILES string of the molecule is CCN=C(NC1CCN(c2ccc(C)cn2)CC1)NC1C2CCOC2C12CCCC2.I. The third-order valence-corrected chi connectivity index (χ3v) is 7.95. The van der Waals surface area contributed by atoms with Gasteiger partial charge in [-0.05, 0) is 57.6 Å². The first-order valence-electron chi connectivity index (χ1n) is 12.1. The molecular weight excluding hydrogens is 501 g/mol. The Morgan fingerprint density at radius 1 is 1.19 bits per heavy atom. The third-order valence-electron chi connectivity index (χ3n) is 7.95. The highest BCUT2D eigenvalue weighted by Crippen LogP contribution is 2.60. The summed E-state index contributed by atoms with van der Waals surface area (Å²) >= 11 is 0. The van der Waals surface area contributed by atoms with Crippen molar-refractivity contribution in [2.24, 2.45) is 16.3 Å². The van der Waals surface area contributed by atoms with Crippen molar-refractivity contribution in [1.29, 1.82) is 0 Å². The van der Waals surface area contributed by atoms with Crippen molar-refractivity contribution < 1.29 is 4.74 Å². The summed E-state index contributed by atoms with van der Waals surface area (Å²) in [6.45, 7) is 8.05. The molecular formula is C24H38IN5O. The molecule has 7 heteroatoms. The molecule has 2 aliphatic heterocycles. The number of anilines is 1. The van der Waals surface area contributed by atoms with Crippen LogP contribution in [-0.4, -0.2) is 55.4 Å². The van der Waals surface area contributed by atoms with Gasteiger partial charge in [0.2, 0.25) is 0 Å². The van der Waals surface area contributed by atoms with Crippen LogP contribution in [0.25, 0.3) is 0 Å². The molecule has 0 aromatic carbocycles. The fraction of sp³-hybridized carbons (Fsp3) is 0.750. The molecule has 4 fully saturated rings. The molecule has 3 atom stereocenters. The quantitative estimate of drug-likeness (QED) is 0.346. The summed E-state index contributed by atoms with van der Waals surface area (Å²) in [5, 5.41) is 7.66. The van der Waals surface area contributed by atoms with Crippen molar-refractivity contribution in [3.05, 3.63) is 23.9 Å². The predicted molar refractivity (Wildman–Crippen MR) is 136 cm³/mol. The molecule has 2 saturated heterocycles. The number of hydrogen-bond acceptors (Lipinski definition) is 4. The second-order valence-corrected chi connectivity index (χ2v) is 9.73. The summed E-state index contributed by atoms with van der Waals surface area (Å²) in [6, 6.07) is 5.30. The van der Waals surface area contributed by atoms with Gasteiger partial charge in [0, 0.05) is 55.9 Å². The van der Waals surface area contributed by atoms with Crippen LogP contribution < -0.4 is 15.5 Å². The van der Waals surface area contributed by atoms with Gasteiger partial charge in [-0.1, -0.05) is 18.9 Å². The van der Waals surface area contributed by atoms with Gasteiger partial charge in [0.1, 0.15) is 5.82 Å². The molecule has 2 saturated carbocycles. The number of nitrogens with one attached hydrogen (secondary N) is 2. The maximum Gasteiger partial charge on any atom is 0.191 e. The first kappa shape index (κ1) is 23.1. The van der Waals surface area contributed by atoms with Crippen LogP contribution >= 0.6 is 24.0 Å². The van der Waals surface area contributed by atoms with Crippen LogP contribution in [0.2, 0.25) is 0 Å². The van der Waals surface area contributed by atoms with Gasteiger partial charge in [-0.25, -0.2) is 4.98 Å². The highest BCUT2D eigenvalue weighted by atomic mass is 127. The maximum atomic E-state index is 6.16. The van der Waals surface area contributed by atoms with Gasteiger partial charge in [-0.2, -0.15) is 0 Å². The molecule has 3 heterocycles. The normalized spacial score (nSPS) is 29.9. The van der Waals surface area contributed by atoms with Gasteiger partial charge in [0.25, 0.3) is 0 Å². The average molecular weight is 540 g/mol. The van der Waals surface area contributed by atoms with E-state index in [4.69, 9.17) is 9.73 Å². The maximum absolute atomic E-state index is 6.16. The molecule has 172 valence electrons. The first-order valence-corrected chi connectivity index (χ1v) is 12.1. The number of aromatic nitrogens is 1. The molecule has 2 N–H and O–H groups in total. The summed E-state index contributed by atoms with van der Waals surface area (Å²) in [4.78, 5) is 11.8. The van der Waals surface area contributed by atoms with Gasteiger partial charge in [0.05, 0.1) is 6.10 Å². The van der Waals surface area contributed by atoms with E-state index in [1.54, 1.807) is 0 Å². The van der Waals surface area contributed by atoms with E-state index in [-0.39, 0.29) is 24.0 Å². The monoisotopic (exact) mass is 539 g/mol. The van der Waals surface area contributed by atoms with E-state index in [1.165, 1.54) is 37.7 Å². The second kappa shape index (κ2) is 9.81. The van der Waals surface area contributed by atoms with E-state index >= 15 is 0 Å². The van der Waals surface area contributed by atoms with Gasteiger partial charge in [-0.3, -0.25) is 4.99 Å². The Morgan fingerprint density at radius 3 is 2.65 bits per heavy atom. The molecule has 0 amide bonds. The standard InChI is InChI=1S/C24H37N5O.HI/c1-3-25-23(28-21-19-10-15-30-22(19)24(21)11-4-5-12-24)27-18-8-13-29(14-9-18)20-7-6-17(2)16-26-20;/h6-7,16,18-19,21-22H,3-5,8-15H2,1-2H3,(H2,25,27,28);1H. The first-order chi connectivity index (χ1) is 14.7. The predicted octanol–water partition coefficient (Wildman–Crippen LogP) is 3.88. The number of piperidine rings is 1. The average Bonchev–Trinajstić information content (AvgIpc) is 3.42. The number of aryl methyl sites for hydroxylation is 1. The van der Waals surface area contributed by atoms with E-state index < -0.39 is 0 Å². The summed E-state index contributed by atoms with van der Waals surface area (Å²) < 4.78 is 6.16. The van der Waals surface area contributed by atoms with Crippen molar-refractivity contribution in [3.63, 3.8) is 0 Å². The Labute approximate surface area is 204 Å². The van der Waals surface area contributed by atoms with Crippen LogP contribution in [0, 0.1) is 18.3 Å². The largest absolute Gasteiger partial charge is 0.377 e. The number of aliphatic imine (C=N–C) groups is 1. The molecule has 4 aliphatic rings. The van der Waals surface area contributed by atoms with Crippen LogP contribution in [0.4, 0.5) is 5.82 Å². The zero-order valence-corrected chi connectivity index (χ0v) is 21.3. The summed E-state index contributed by atoms with van der Waals surface area (Å²) in [7, 11) is 0. The Balaban J connectivity index is 0.00000231. The smallest absolute Gasteiger partial charge is 0.191 e. The lowest BCUT2D eigenvalue weighted by Crippen LogP contribution is -2.69. The van der Waals surface area contributed by atoms with Crippen LogP contribution in [0.15, 0.2) is 23.3 Å². The molecule has 5 rings (SSSR count). The van der Waals surface area contributed by atoms with E-state index in [0.717, 1.165) is 50.9 Å². The molecule has 3 unspecified atom stereocenters. The highest BCUT2D eigenvalue weighted by Gasteiger charge is 2.65. The molecule has 1 aromatic heterocycles. The zero-order valence-electron chi connectivity index (χ0n) is 19.0. The molecule has 1 aromatic rings. The number of fused-ring (bicyclic) bond motifs is 2. The lowest BCUT2D eigenvalue weighted by molar-refractivity contribution is -0.125. The van der Waals surface area contributed by atoms with Crippen LogP contribution in [0.5, 0.6) is 0 Å². The molecule has 0 bridgehead atoms. The minimum absolute atomic E-state index is 0. The highest BCUT2D eigenvalue weighted by molar-refractivity contribution is 14.0. The topological polar surface area (TPSA) is 61.8 Å². The minimum atomic E-state index is 0. The Hall–Kier alpha value is -1.09. The Bertz CT molecular complexity index is 756. The van der Waals surface area contributed by atoms with Gasteiger partial charge in [-0.15, -0.1) is 24.0 Å².